The van der Waals surface area contributed by atoms with E-state index in [2.05, 4.69) is 31.1 Å². The summed E-state index contributed by atoms with van der Waals surface area (Å²) in [5.74, 6) is 0.914. The van der Waals surface area contributed by atoms with Gasteiger partial charge in [-0.1, -0.05) is 24.3 Å². The summed E-state index contributed by atoms with van der Waals surface area (Å²) >= 11 is 0. The predicted octanol–water partition coefficient (Wildman–Crippen LogP) is 3.04. The second kappa shape index (κ2) is 6.39. The highest BCUT2D eigenvalue weighted by Gasteiger charge is 2.11. The molecule has 0 saturated carbocycles. The molecule has 0 radical (unpaired) electrons. The summed E-state index contributed by atoms with van der Waals surface area (Å²) in [5, 5.41) is 10.8. The number of amides is 1. The molecule has 0 saturated heterocycles. The highest BCUT2D eigenvalue weighted by molar-refractivity contribution is 6.05. The summed E-state index contributed by atoms with van der Waals surface area (Å²) in [7, 11) is 0. The topological polar surface area (TPSA) is 75.6 Å². The van der Waals surface area contributed by atoms with Gasteiger partial charge in [-0.15, -0.1) is 0 Å². The van der Waals surface area contributed by atoms with Crippen molar-refractivity contribution in [1.82, 2.24) is 25.1 Å². The number of benzene rings is 2. The van der Waals surface area contributed by atoms with Crippen LogP contribution in [-0.2, 0) is 6.54 Å². The number of nitrogens with zero attached hydrogens (tertiary/aromatic N) is 3. The Morgan fingerprint density at radius 1 is 1.20 bits per heavy atom. The molecule has 2 N–H and O–H groups in total. The van der Waals surface area contributed by atoms with Gasteiger partial charge < -0.3 is 9.88 Å². The summed E-state index contributed by atoms with van der Waals surface area (Å²) in [5.41, 5.74) is 3.54. The molecule has 0 aliphatic heterocycles. The molecule has 126 valence electrons. The highest BCUT2D eigenvalue weighted by atomic mass is 16.1. The number of H-pyrrole nitrogens is 1. The lowest BCUT2D eigenvalue weighted by atomic mass is 10.1. The zero-order chi connectivity index (χ0) is 17.2. The van der Waals surface area contributed by atoms with Crippen LogP contribution in [0.1, 0.15) is 22.6 Å². The van der Waals surface area contributed by atoms with E-state index < -0.39 is 0 Å². The van der Waals surface area contributed by atoms with Crippen LogP contribution in [0, 0.1) is 6.92 Å². The van der Waals surface area contributed by atoms with Crippen LogP contribution in [0.2, 0.25) is 0 Å². The standard InChI is InChI=1S/C19H19N5O/c1-13-22-16-8-2-3-9-17(16)24(13)11-5-10-20-19(25)15-7-4-6-14-12-21-23-18(14)15/h2-4,6-9,12H,5,10-11H2,1H3,(H,20,25)(H,21,23). The number of imidazole rings is 1. The molecule has 6 heteroatoms. The predicted molar refractivity (Wildman–Crippen MR) is 97.5 cm³/mol. The quantitative estimate of drug-likeness (QED) is 0.551. The number of aryl methyl sites for hydroxylation is 2. The van der Waals surface area contributed by atoms with E-state index in [1.54, 1.807) is 6.20 Å². The smallest absolute Gasteiger partial charge is 0.253 e. The molecule has 4 aromatic rings. The monoisotopic (exact) mass is 333 g/mol. The van der Waals surface area contributed by atoms with Gasteiger partial charge in [0.25, 0.3) is 5.91 Å². The fourth-order valence-corrected chi connectivity index (χ4v) is 3.17. The van der Waals surface area contributed by atoms with Gasteiger partial charge in [0.15, 0.2) is 0 Å². The van der Waals surface area contributed by atoms with Gasteiger partial charge in [-0.3, -0.25) is 9.89 Å². The number of aromatic nitrogens is 4. The number of carbonyl (C=O) groups is 1. The van der Waals surface area contributed by atoms with Crippen molar-refractivity contribution in [2.75, 3.05) is 6.54 Å². The average molecular weight is 333 g/mol. The van der Waals surface area contributed by atoms with Crippen molar-refractivity contribution in [1.29, 1.82) is 0 Å². The molecule has 0 bridgehead atoms. The zero-order valence-corrected chi connectivity index (χ0v) is 14.0. The third kappa shape index (κ3) is 2.87. The zero-order valence-electron chi connectivity index (χ0n) is 14.0. The molecule has 0 spiro atoms. The Hall–Kier alpha value is -3.15. The van der Waals surface area contributed by atoms with Gasteiger partial charge in [0.2, 0.25) is 0 Å². The lowest BCUT2D eigenvalue weighted by Gasteiger charge is -2.09. The van der Waals surface area contributed by atoms with E-state index in [4.69, 9.17) is 0 Å². The second-order valence-electron chi connectivity index (χ2n) is 6.05. The van der Waals surface area contributed by atoms with Crippen molar-refractivity contribution in [3.8, 4) is 0 Å². The largest absolute Gasteiger partial charge is 0.352 e. The number of nitrogens with one attached hydrogen (secondary N) is 2. The van der Waals surface area contributed by atoms with E-state index in [9.17, 15) is 4.79 Å². The van der Waals surface area contributed by atoms with Gasteiger partial charge in [-0.05, 0) is 31.5 Å². The van der Waals surface area contributed by atoms with E-state index in [-0.39, 0.29) is 5.91 Å². The van der Waals surface area contributed by atoms with Crippen LogP contribution in [0.25, 0.3) is 21.9 Å². The summed E-state index contributed by atoms with van der Waals surface area (Å²) in [6.07, 6.45) is 2.56. The van der Waals surface area contributed by atoms with Gasteiger partial charge in [-0.2, -0.15) is 5.10 Å². The van der Waals surface area contributed by atoms with E-state index in [1.165, 1.54) is 0 Å². The van der Waals surface area contributed by atoms with Gasteiger partial charge >= 0.3 is 0 Å². The number of rotatable bonds is 5. The Morgan fingerprint density at radius 2 is 2.08 bits per heavy atom. The molecule has 1 amide bonds. The highest BCUT2D eigenvalue weighted by Crippen LogP contribution is 2.16. The first-order valence-corrected chi connectivity index (χ1v) is 8.36. The van der Waals surface area contributed by atoms with Crippen LogP contribution in [0.3, 0.4) is 0 Å². The van der Waals surface area contributed by atoms with Crippen LogP contribution in [0.15, 0.2) is 48.7 Å². The summed E-state index contributed by atoms with van der Waals surface area (Å²) in [6, 6.07) is 13.7. The molecule has 0 atom stereocenters. The number of carbonyl (C=O) groups excluding carboxylic acids is 1. The molecule has 2 heterocycles. The first kappa shape index (κ1) is 15.4. The SMILES string of the molecule is Cc1nc2ccccc2n1CCCNC(=O)c1cccc2cn[nH]c12. The number of para-hydroxylation sites is 3. The van der Waals surface area contributed by atoms with Crippen molar-refractivity contribution in [2.24, 2.45) is 0 Å². The van der Waals surface area contributed by atoms with E-state index in [0.717, 1.165) is 40.7 Å². The molecule has 2 aromatic carbocycles. The molecular weight excluding hydrogens is 314 g/mol. The molecule has 2 aromatic heterocycles. The normalized spacial score (nSPS) is 11.2. The molecular formula is C19H19N5O. The number of fused-ring (bicyclic) bond motifs is 2. The number of hydrogen-bond acceptors (Lipinski definition) is 3. The lowest BCUT2D eigenvalue weighted by molar-refractivity contribution is 0.0954. The average Bonchev–Trinajstić information content (AvgIpc) is 3.22. The molecule has 0 fully saturated rings. The fraction of sp³-hybridized carbons (Fsp3) is 0.211. The van der Waals surface area contributed by atoms with E-state index >= 15 is 0 Å². The van der Waals surface area contributed by atoms with Gasteiger partial charge in [0.05, 0.1) is 28.3 Å². The fourth-order valence-electron chi connectivity index (χ4n) is 3.17. The van der Waals surface area contributed by atoms with Gasteiger partial charge in [0.1, 0.15) is 5.82 Å². The molecule has 6 nitrogen and oxygen atoms in total. The maximum Gasteiger partial charge on any atom is 0.253 e. The van der Waals surface area contributed by atoms with Crippen LogP contribution >= 0.6 is 0 Å². The maximum absolute atomic E-state index is 12.4. The molecule has 25 heavy (non-hydrogen) atoms. The second-order valence-corrected chi connectivity index (χ2v) is 6.05. The van der Waals surface area contributed by atoms with Crippen molar-refractivity contribution < 1.29 is 4.79 Å². The Kier molecular flexibility index (Phi) is 3.93. The maximum atomic E-state index is 12.4. The Morgan fingerprint density at radius 3 is 3.00 bits per heavy atom. The van der Waals surface area contributed by atoms with Crippen LogP contribution in [0.4, 0.5) is 0 Å². The van der Waals surface area contributed by atoms with Crippen LogP contribution < -0.4 is 5.32 Å². The number of hydrogen-bond donors (Lipinski definition) is 2. The first-order valence-electron chi connectivity index (χ1n) is 8.36. The minimum Gasteiger partial charge on any atom is -0.352 e. The Balaban J connectivity index is 1.40. The van der Waals surface area contributed by atoms with Crippen LogP contribution in [-0.4, -0.2) is 32.2 Å². The van der Waals surface area contributed by atoms with E-state index in [1.807, 2.05) is 43.3 Å². The van der Waals surface area contributed by atoms with Crippen molar-refractivity contribution in [3.63, 3.8) is 0 Å². The molecule has 0 aliphatic carbocycles. The third-order valence-corrected chi connectivity index (χ3v) is 4.41. The summed E-state index contributed by atoms with van der Waals surface area (Å²) in [4.78, 5) is 17.0. The lowest BCUT2D eigenvalue weighted by Crippen LogP contribution is -2.25. The molecule has 0 unspecified atom stereocenters. The van der Waals surface area contributed by atoms with E-state index in [0.29, 0.717) is 12.1 Å². The van der Waals surface area contributed by atoms with Crippen LogP contribution in [0.5, 0.6) is 0 Å². The summed E-state index contributed by atoms with van der Waals surface area (Å²) in [6.45, 7) is 3.44. The van der Waals surface area contributed by atoms with Crippen molar-refractivity contribution >= 4 is 27.8 Å². The minimum absolute atomic E-state index is 0.0814. The molecule has 0 aliphatic rings. The Bertz CT molecular complexity index is 1050. The van der Waals surface area contributed by atoms with Crippen molar-refractivity contribution in [2.45, 2.75) is 19.9 Å². The third-order valence-electron chi connectivity index (χ3n) is 4.41. The summed E-state index contributed by atoms with van der Waals surface area (Å²) < 4.78 is 2.19. The molecule has 4 rings (SSSR count). The first-order chi connectivity index (χ1) is 12.2. The van der Waals surface area contributed by atoms with Gasteiger partial charge in [-0.25, -0.2) is 4.98 Å². The minimum atomic E-state index is -0.0814. The number of aromatic amines is 1. The van der Waals surface area contributed by atoms with Gasteiger partial charge in [0, 0.05) is 18.5 Å². The van der Waals surface area contributed by atoms with Crippen molar-refractivity contribution in [3.05, 3.63) is 60.0 Å². The Labute approximate surface area is 144 Å².